The number of amides is 2. The molecule has 0 saturated carbocycles. The van der Waals surface area contributed by atoms with E-state index in [4.69, 9.17) is 5.73 Å². The van der Waals surface area contributed by atoms with Crippen LogP contribution in [-0.4, -0.2) is 39.4 Å². The van der Waals surface area contributed by atoms with Gasteiger partial charge in [-0.2, -0.15) is 0 Å². The zero-order chi connectivity index (χ0) is 17.6. The Kier molecular flexibility index (Phi) is 6.30. The third-order valence-electron chi connectivity index (χ3n) is 3.45. The van der Waals surface area contributed by atoms with Gasteiger partial charge in [0.1, 0.15) is 6.04 Å². The van der Waals surface area contributed by atoms with E-state index >= 15 is 0 Å². The van der Waals surface area contributed by atoms with Gasteiger partial charge >= 0.3 is 5.97 Å². The number of rotatable bonds is 7. The number of carboxylic acids is 1. The van der Waals surface area contributed by atoms with E-state index in [1.165, 1.54) is 4.90 Å². The lowest BCUT2D eigenvalue weighted by molar-refractivity contribution is -0.156. The second-order valence-electron chi connectivity index (χ2n) is 6.44. The summed E-state index contributed by atoms with van der Waals surface area (Å²) in [6.07, 6.45) is 0.280. The fourth-order valence-corrected chi connectivity index (χ4v) is 2.51. The fourth-order valence-electron chi connectivity index (χ4n) is 2.51. The quantitative estimate of drug-likeness (QED) is 0.796. The first kappa shape index (κ1) is 18.7. The van der Waals surface area contributed by atoms with Gasteiger partial charge in [-0.3, -0.25) is 9.59 Å². The minimum absolute atomic E-state index is 0.170. The number of aryl methyl sites for hydroxylation is 1. The molecule has 0 unspecified atom stereocenters. The minimum Gasteiger partial charge on any atom is -0.480 e. The first-order valence-electron chi connectivity index (χ1n) is 7.50. The van der Waals surface area contributed by atoms with E-state index in [1.54, 1.807) is 20.8 Å². The molecule has 0 spiro atoms. The van der Waals surface area contributed by atoms with Gasteiger partial charge in [-0.1, -0.05) is 30.3 Å². The average Bonchev–Trinajstić information content (AvgIpc) is 2.43. The third kappa shape index (κ3) is 5.73. The molecular weight excluding hydrogens is 296 g/mol. The van der Waals surface area contributed by atoms with Gasteiger partial charge in [-0.15, -0.1) is 0 Å². The Balaban J connectivity index is 2.94. The van der Waals surface area contributed by atoms with E-state index in [-0.39, 0.29) is 12.3 Å². The summed E-state index contributed by atoms with van der Waals surface area (Å²) in [5.41, 5.74) is 5.40. The molecule has 1 aromatic rings. The fraction of sp³-hybridized carbons (Fsp3) is 0.471. The summed E-state index contributed by atoms with van der Waals surface area (Å²) in [6, 6.07) is 8.22. The van der Waals surface area contributed by atoms with E-state index < -0.39 is 29.9 Å². The molecule has 1 atom stereocenters. The molecule has 0 bridgehead atoms. The van der Waals surface area contributed by atoms with Crippen molar-refractivity contribution in [3.63, 3.8) is 0 Å². The monoisotopic (exact) mass is 320 g/mol. The van der Waals surface area contributed by atoms with E-state index in [1.807, 2.05) is 30.3 Å². The number of hydrogen-bond acceptors (Lipinski definition) is 3. The first-order valence-corrected chi connectivity index (χ1v) is 7.50. The molecular formula is C17H24N2O4. The summed E-state index contributed by atoms with van der Waals surface area (Å²) in [6.45, 7) is 5.22. The molecule has 126 valence electrons. The Hall–Kier alpha value is -2.37. The molecule has 0 radical (unpaired) electrons. The number of carbonyl (C=O) groups excluding carboxylic acids is 2. The van der Waals surface area contributed by atoms with E-state index in [9.17, 15) is 19.5 Å². The van der Waals surface area contributed by atoms with E-state index in [0.717, 1.165) is 5.56 Å². The van der Waals surface area contributed by atoms with Crippen molar-refractivity contribution in [3.8, 4) is 0 Å². The lowest BCUT2D eigenvalue weighted by Gasteiger charge is -2.39. The van der Waals surface area contributed by atoms with Gasteiger partial charge in [0.25, 0.3) is 0 Å². The highest BCUT2D eigenvalue weighted by atomic mass is 16.4. The van der Waals surface area contributed by atoms with E-state index in [2.05, 4.69) is 0 Å². The maximum absolute atomic E-state index is 12.6. The standard InChI is InChI=1S/C17H24N2O4/c1-17(2,3)19(13(16(22)23)11-14(18)20)15(21)10-9-12-7-5-4-6-8-12/h4-8,13H,9-11H2,1-3H3,(H2,18,20)(H,22,23)/t13-/m0/s1. The van der Waals surface area contributed by atoms with Crippen molar-refractivity contribution in [2.45, 2.75) is 51.6 Å². The van der Waals surface area contributed by atoms with Crippen molar-refractivity contribution in [1.29, 1.82) is 0 Å². The predicted octanol–water partition coefficient (Wildman–Crippen LogP) is 1.57. The Morgan fingerprint density at radius 1 is 1.17 bits per heavy atom. The molecule has 0 saturated heterocycles. The largest absolute Gasteiger partial charge is 0.480 e. The van der Waals surface area contributed by atoms with Gasteiger partial charge < -0.3 is 15.7 Å². The van der Waals surface area contributed by atoms with Gasteiger partial charge in [0.05, 0.1) is 6.42 Å². The van der Waals surface area contributed by atoms with Crippen LogP contribution in [0.2, 0.25) is 0 Å². The van der Waals surface area contributed by atoms with Gasteiger partial charge in [0.2, 0.25) is 11.8 Å². The number of aliphatic carboxylic acids is 1. The SMILES string of the molecule is CC(C)(C)N(C(=O)CCc1ccccc1)[C@@H](CC(N)=O)C(=O)O. The predicted molar refractivity (Wildman–Crippen MR) is 86.6 cm³/mol. The van der Waals surface area contributed by atoms with Crippen molar-refractivity contribution in [3.05, 3.63) is 35.9 Å². The number of nitrogens with zero attached hydrogens (tertiary/aromatic N) is 1. The van der Waals surface area contributed by atoms with Crippen LogP contribution in [-0.2, 0) is 20.8 Å². The zero-order valence-corrected chi connectivity index (χ0v) is 13.8. The number of hydrogen-bond donors (Lipinski definition) is 2. The molecule has 0 fully saturated rings. The summed E-state index contributed by atoms with van der Waals surface area (Å²) < 4.78 is 0. The Morgan fingerprint density at radius 2 is 1.74 bits per heavy atom. The van der Waals surface area contributed by atoms with Crippen molar-refractivity contribution < 1.29 is 19.5 Å². The highest BCUT2D eigenvalue weighted by molar-refractivity contribution is 5.88. The zero-order valence-electron chi connectivity index (χ0n) is 13.8. The molecule has 2 amide bonds. The van der Waals surface area contributed by atoms with Gasteiger partial charge in [-0.25, -0.2) is 4.79 Å². The number of primary amides is 1. The summed E-state index contributed by atoms with van der Waals surface area (Å²) >= 11 is 0. The highest BCUT2D eigenvalue weighted by Gasteiger charge is 2.37. The van der Waals surface area contributed by atoms with Crippen molar-refractivity contribution >= 4 is 17.8 Å². The van der Waals surface area contributed by atoms with Crippen molar-refractivity contribution in [1.82, 2.24) is 4.90 Å². The summed E-state index contributed by atoms with van der Waals surface area (Å²) in [7, 11) is 0. The van der Waals surface area contributed by atoms with Gasteiger partial charge in [-0.05, 0) is 32.8 Å². The van der Waals surface area contributed by atoms with Crippen LogP contribution in [0.1, 0.15) is 39.2 Å². The minimum atomic E-state index is -1.25. The molecule has 1 rings (SSSR count). The lowest BCUT2D eigenvalue weighted by Crippen LogP contribution is -2.55. The van der Waals surface area contributed by atoms with Crippen LogP contribution in [0.25, 0.3) is 0 Å². The second-order valence-corrected chi connectivity index (χ2v) is 6.44. The topological polar surface area (TPSA) is 101 Å². The molecule has 6 nitrogen and oxygen atoms in total. The maximum atomic E-state index is 12.6. The van der Waals surface area contributed by atoms with Crippen LogP contribution < -0.4 is 5.73 Å². The number of benzene rings is 1. The molecule has 1 aromatic carbocycles. The van der Waals surface area contributed by atoms with Crippen molar-refractivity contribution in [2.75, 3.05) is 0 Å². The molecule has 6 heteroatoms. The highest BCUT2D eigenvalue weighted by Crippen LogP contribution is 2.21. The van der Waals surface area contributed by atoms with Crippen LogP contribution in [0.15, 0.2) is 30.3 Å². The Labute approximate surface area is 136 Å². The molecule has 0 aliphatic rings. The average molecular weight is 320 g/mol. The molecule has 0 aliphatic heterocycles. The number of nitrogens with two attached hydrogens (primary N) is 1. The van der Waals surface area contributed by atoms with Crippen LogP contribution in [0, 0.1) is 0 Å². The molecule has 0 heterocycles. The molecule has 3 N–H and O–H groups in total. The molecule has 0 aliphatic carbocycles. The summed E-state index contributed by atoms with van der Waals surface area (Å²) in [4.78, 5) is 36.5. The van der Waals surface area contributed by atoms with Gasteiger partial charge in [0, 0.05) is 12.0 Å². The normalized spacial score (nSPS) is 12.5. The third-order valence-corrected chi connectivity index (χ3v) is 3.45. The van der Waals surface area contributed by atoms with Crippen LogP contribution in [0.3, 0.4) is 0 Å². The molecule has 0 aromatic heterocycles. The number of carboxylic acid groups (broad SMARTS) is 1. The Bertz CT molecular complexity index is 564. The Morgan fingerprint density at radius 3 is 2.17 bits per heavy atom. The van der Waals surface area contributed by atoms with Crippen molar-refractivity contribution in [2.24, 2.45) is 5.73 Å². The van der Waals surface area contributed by atoms with E-state index in [0.29, 0.717) is 6.42 Å². The lowest BCUT2D eigenvalue weighted by atomic mass is 9.98. The summed E-state index contributed by atoms with van der Waals surface area (Å²) in [5, 5.41) is 9.39. The van der Waals surface area contributed by atoms with Crippen LogP contribution in [0.4, 0.5) is 0 Å². The van der Waals surface area contributed by atoms with Gasteiger partial charge in [0.15, 0.2) is 0 Å². The van der Waals surface area contributed by atoms with Crippen LogP contribution >= 0.6 is 0 Å². The maximum Gasteiger partial charge on any atom is 0.326 e. The first-order chi connectivity index (χ1) is 10.6. The second kappa shape index (κ2) is 7.76. The van der Waals surface area contributed by atoms with Crippen LogP contribution in [0.5, 0.6) is 0 Å². The smallest absolute Gasteiger partial charge is 0.326 e. The summed E-state index contributed by atoms with van der Waals surface area (Å²) in [5.74, 6) is -2.29. The molecule has 23 heavy (non-hydrogen) atoms. The number of carbonyl (C=O) groups is 3.